The molecule has 0 radical (unpaired) electrons. The lowest BCUT2D eigenvalue weighted by atomic mass is 9.95. The molecule has 0 N–H and O–H groups in total. The van der Waals surface area contributed by atoms with E-state index in [9.17, 15) is 4.79 Å². The van der Waals surface area contributed by atoms with Gasteiger partial charge in [0.1, 0.15) is 11.1 Å². The highest BCUT2D eigenvalue weighted by atomic mass is 32.2. The number of carbonyl (C=O) groups is 1. The molecular formula is C20H29N3O2S2. The van der Waals surface area contributed by atoms with Crippen molar-refractivity contribution in [1.29, 1.82) is 0 Å². The maximum Gasteiger partial charge on any atom is 0.319 e. The Bertz CT molecular complexity index is 709. The molecule has 1 fully saturated rings. The Morgan fingerprint density at radius 1 is 1.37 bits per heavy atom. The fourth-order valence-electron chi connectivity index (χ4n) is 3.42. The molecule has 7 heteroatoms. The van der Waals surface area contributed by atoms with Crippen molar-refractivity contribution in [2.75, 3.05) is 6.61 Å². The molecule has 0 spiro atoms. The maximum atomic E-state index is 12.3. The van der Waals surface area contributed by atoms with Crippen LogP contribution in [0.15, 0.2) is 22.7 Å². The quantitative estimate of drug-likeness (QED) is 0.322. The van der Waals surface area contributed by atoms with Gasteiger partial charge in [0.25, 0.3) is 0 Å². The molecule has 1 saturated carbocycles. The van der Waals surface area contributed by atoms with E-state index in [1.165, 1.54) is 48.7 Å². The lowest BCUT2D eigenvalue weighted by Gasteiger charge is -2.26. The molecule has 2 aromatic heterocycles. The van der Waals surface area contributed by atoms with Gasteiger partial charge in [-0.15, -0.1) is 21.5 Å². The molecule has 5 nitrogen and oxygen atoms in total. The van der Waals surface area contributed by atoms with E-state index in [1.54, 1.807) is 11.3 Å². The Hall–Kier alpha value is -1.34. The summed E-state index contributed by atoms with van der Waals surface area (Å²) in [5.74, 6) is 0.852. The van der Waals surface area contributed by atoms with Crippen LogP contribution in [0.3, 0.4) is 0 Å². The zero-order chi connectivity index (χ0) is 19.1. The first kappa shape index (κ1) is 20.4. The van der Waals surface area contributed by atoms with Crippen molar-refractivity contribution in [3.05, 3.63) is 28.2 Å². The average Bonchev–Trinajstić information content (AvgIpc) is 3.33. The summed E-state index contributed by atoms with van der Waals surface area (Å²) in [6.45, 7) is 4.49. The standard InChI is InChI=1S/C20H29N3O2S2/c1-3-4-12-25-19(24)15(2)27-20-22-21-18(14-17-11-8-13-26-17)23(20)16-9-6-5-7-10-16/h8,11,13,15-16H,3-7,9-10,12,14H2,1-2H3. The molecular weight excluding hydrogens is 378 g/mol. The van der Waals surface area contributed by atoms with Gasteiger partial charge in [-0.05, 0) is 37.6 Å². The molecule has 148 valence electrons. The van der Waals surface area contributed by atoms with Crippen molar-refractivity contribution in [1.82, 2.24) is 14.8 Å². The van der Waals surface area contributed by atoms with Gasteiger partial charge in [0.15, 0.2) is 5.16 Å². The summed E-state index contributed by atoms with van der Waals surface area (Å²) in [7, 11) is 0. The molecule has 27 heavy (non-hydrogen) atoms. The number of rotatable bonds is 9. The molecule has 1 aliphatic rings. The van der Waals surface area contributed by atoms with Gasteiger partial charge in [0.05, 0.1) is 6.61 Å². The number of ether oxygens (including phenoxy) is 1. The van der Waals surface area contributed by atoms with Gasteiger partial charge in [-0.3, -0.25) is 4.79 Å². The number of unbranched alkanes of at least 4 members (excludes halogenated alkanes) is 1. The minimum Gasteiger partial charge on any atom is -0.465 e. The van der Waals surface area contributed by atoms with Gasteiger partial charge < -0.3 is 9.30 Å². The SMILES string of the molecule is CCCCOC(=O)C(C)Sc1nnc(Cc2cccs2)n1C1CCCCC1. The normalized spacial score (nSPS) is 16.4. The number of esters is 1. The summed E-state index contributed by atoms with van der Waals surface area (Å²) in [5.41, 5.74) is 0. The van der Waals surface area contributed by atoms with Crippen LogP contribution in [0.4, 0.5) is 0 Å². The first-order valence-electron chi connectivity index (χ1n) is 9.98. The first-order chi connectivity index (χ1) is 13.2. The Balaban J connectivity index is 1.75. The van der Waals surface area contributed by atoms with E-state index in [0.29, 0.717) is 12.6 Å². The van der Waals surface area contributed by atoms with E-state index in [2.05, 4.69) is 39.2 Å². The predicted molar refractivity (Wildman–Crippen MR) is 110 cm³/mol. The number of hydrogen-bond acceptors (Lipinski definition) is 6. The first-order valence-corrected chi connectivity index (χ1v) is 11.7. The van der Waals surface area contributed by atoms with Gasteiger partial charge in [-0.2, -0.15) is 0 Å². The highest BCUT2D eigenvalue weighted by molar-refractivity contribution is 8.00. The van der Waals surface area contributed by atoms with Crippen LogP contribution in [0.25, 0.3) is 0 Å². The molecule has 0 aliphatic heterocycles. The van der Waals surface area contributed by atoms with E-state index in [-0.39, 0.29) is 11.2 Å². The maximum absolute atomic E-state index is 12.3. The highest BCUT2D eigenvalue weighted by Crippen LogP contribution is 2.34. The monoisotopic (exact) mass is 407 g/mol. The van der Waals surface area contributed by atoms with Crippen molar-refractivity contribution in [2.24, 2.45) is 0 Å². The lowest BCUT2D eigenvalue weighted by Crippen LogP contribution is -2.20. The van der Waals surface area contributed by atoms with Gasteiger partial charge in [-0.1, -0.05) is 50.4 Å². The molecule has 1 atom stereocenters. The second-order valence-electron chi connectivity index (χ2n) is 7.10. The third-order valence-corrected chi connectivity index (χ3v) is 6.86. The van der Waals surface area contributed by atoms with Crippen molar-refractivity contribution >= 4 is 29.1 Å². The molecule has 3 rings (SSSR count). The van der Waals surface area contributed by atoms with Crippen LogP contribution in [0.1, 0.15) is 75.5 Å². The van der Waals surface area contributed by atoms with E-state index in [0.717, 1.165) is 30.2 Å². The summed E-state index contributed by atoms with van der Waals surface area (Å²) in [6.07, 6.45) is 8.87. The topological polar surface area (TPSA) is 57.0 Å². The van der Waals surface area contributed by atoms with Crippen molar-refractivity contribution in [3.8, 4) is 0 Å². The van der Waals surface area contributed by atoms with Crippen LogP contribution in [-0.2, 0) is 16.0 Å². The molecule has 1 aliphatic carbocycles. The number of thioether (sulfide) groups is 1. The second-order valence-corrected chi connectivity index (χ2v) is 9.44. The Labute approximate surface area is 169 Å². The van der Waals surface area contributed by atoms with Crippen molar-refractivity contribution in [2.45, 2.75) is 81.7 Å². The van der Waals surface area contributed by atoms with Gasteiger partial charge in [0, 0.05) is 17.3 Å². The molecule has 1 unspecified atom stereocenters. The van der Waals surface area contributed by atoms with E-state index >= 15 is 0 Å². The van der Waals surface area contributed by atoms with E-state index in [4.69, 9.17) is 4.74 Å². The summed E-state index contributed by atoms with van der Waals surface area (Å²) < 4.78 is 7.68. The highest BCUT2D eigenvalue weighted by Gasteiger charge is 2.26. The van der Waals surface area contributed by atoms with E-state index < -0.39 is 0 Å². The van der Waals surface area contributed by atoms with Crippen molar-refractivity contribution in [3.63, 3.8) is 0 Å². The predicted octanol–water partition coefficient (Wildman–Crippen LogP) is 5.26. The molecule has 0 bridgehead atoms. The second kappa shape index (κ2) is 10.3. The zero-order valence-electron chi connectivity index (χ0n) is 16.2. The third-order valence-electron chi connectivity index (χ3n) is 4.94. The largest absolute Gasteiger partial charge is 0.465 e. The molecule has 0 aromatic carbocycles. The van der Waals surface area contributed by atoms with Gasteiger partial charge in [0.2, 0.25) is 0 Å². The molecule has 0 amide bonds. The van der Waals surface area contributed by atoms with Crippen LogP contribution < -0.4 is 0 Å². The van der Waals surface area contributed by atoms with Gasteiger partial charge >= 0.3 is 5.97 Å². The minimum atomic E-state index is -0.275. The van der Waals surface area contributed by atoms with Crippen LogP contribution in [0, 0.1) is 0 Å². The number of aromatic nitrogens is 3. The summed E-state index contributed by atoms with van der Waals surface area (Å²) in [4.78, 5) is 13.6. The molecule has 2 aromatic rings. The Morgan fingerprint density at radius 3 is 2.89 bits per heavy atom. The number of carbonyl (C=O) groups excluding carboxylic acids is 1. The van der Waals surface area contributed by atoms with Crippen LogP contribution in [0.2, 0.25) is 0 Å². The summed E-state index contributed by atoms with van der Waals surface area (Å²) >= 11 is 3.23. The van der Waals surface area contributed by atoms with Crippen LogP contribution in [0.5, 0.6) is 0 Å². The minimum absolute atomic E-state index is 0.161. The Morgan fingerprint density at radius 2 is 2.19 bits per heavy atom. The fourth-order valence-corrected chi connectivity index (χ4v) is 5.06. The number of thiophene rings is 1. The Kier molecular flexibility index (Phi) is 7.76. The molecule has 0 saturated heterocycles. The average molecular weight is 408 g/mol. The van der Waals surface area contributed by atoms with Gasteiger partial charge in [-0.25, -0.2) is 0 Å². The smallest absolute Gasteiger partial charge is 0.319 e. The third kappa shape index (κ3) is 5.57. The molecule has 2 heterocycles. The fraction of sp³-hybridized carbons (Fsp3) is 0.650. The van der Waals surface area contributed by atoms with Crippen LogP contribution in [-0.4, -0.2) is 32.6 Å². The van der Waals surface area contributed by atoms with Crippen molar-refractivity contribution < 1.29 is 9.53 Å². The summed E-state index contributed by atoms with van der Waals surface area (Å²) in [6, 6.07) is 4.66. The number of hydrogen-bond donors (Lipinski definition) is 0. The zero-order valence-corrected chi connectivity index (χ0v) is 17.9. The summed E-state index contributed by atoms with van der Waals surface area (Å²) in [5, 5.41) is 11.6. The van der Waals surface area contributed by atoms with Crippen LogP contribution >= 0.6 is 23.1 Å². The number of nitrogens with zero attached hydrogens (tertiary/aromatic N) is 3. The van der Waals surface area contributed by atoms with E-state index in [1.807, 2.05) is 6.92 Å². The lowest BCUT2D eigenvalue weighted by molar-refractivity contribution is -0.142.